The maximum Gasteiger partial charge on any atom is 0.420 e. The monoisotopic (exact) mass is 505 g/mol. The first kappa shape index (κ1) is 26.1. The van der Waals surface area contributed by atoms with Crippen molar-refractivity contribution in [2.45, 2.75) is 13.1 Å². The number of esters is 1. The van der Waals surface area contributed by atoms with E-state index in [1.165, 1.54) is 0 Å². The van der Waals surface area contributed by atoms with Gasteiger partial charge in [0, 0.05) is 23.0 Å². The number of hydrogen-bond donors (Lipinski definition) is 1. The van der Waals surface area contributed by atoms with E-state index >= 15 is 0 Å². The van der Waals surface area contributed by atoms with E-state index in [9.17, 15) is 31.5 Å². The van der Waals surface area contributed by atoms with Gasteiger partial charge >= 0.3 is 12.1 Å². The van der Waals surface area contributed by atoms with Gasteiger partial charge in [0.1, 0.15) is 11.6 Å². The Kier molecular flexibility index (Phi) is 8.78. The molecular formula is C22H14Cl2F5NO3. The highest BCUT2D eigenvalue weighted by molar-refractivity contribution is 6.34. The van der Waals surface area contributed by atoms with Crippen molar-refractivity contribution in [1.29, 1.82) is 0 Å². The second-order valence-corrected chi connectivity index (χ2v) is 7.16. The summed E-state index contributed by atoms with van der Waals surface area (Å²) in [5.74, 6) is -5.24. The van der Waals surface area contributed by atoms with Crippen LogP contribution in [-0.2, 0) is 11.0 Å². The SMILES string of the molecule is CC(=O)Oc1c(C(=O)Nc2ccc(F)cc2F)cccc1C(F)(F)F.Clc1cccc(Cl)c1. The minimum absolute atomic E-state index is 0.447. The smallest absolute Gasteiger partial charge is 0.420 e. The normalized spacial score (nSPS) is 10.7. The first-order valence-corrected chi connectivity index (χ1v) is 9.70. The lowest BCUT2D eigenvalue weighted by molar-refractivity contribution is -0.141. The van der Waals surface area contributed by atoms with Gasteiger partial charge in [-0.05, 0) is 42.5 Å². The molecule has 0 bridgehead atoms. The number of ether oxygens (including phenoxy) is 1. The van der Waals surface area contributed by atoms with Gasteiger partial charge < -0.3 is 10.1 Å². The fraction of sp³-hybridized carbons (Fsp3) is 0.0909. The molecule has 1 amide bonds. The fourth-order valence-electron chi connectivity index (χ4n) is 2.43. The molecule has 11 heteroatoms. The Bertz CT molecular complexity index is 1150. The molecule has 0 heterocycles. The zero-order chi connectivity index (χ0) is 24.8. The molecule has 0 atom stereocenters. The van der Waals surface area contributed by atoms with E-state index in [2.05, 4.69) is 4.74 Å². The molecule has 0 spiro atoms. The molecule has 0 fully saturated rings. The van der Waals surface area contributed by atoms with Crippen molar-refractivity contribution in [2.24, 2.45) is 0 Å². The quantitative estimate of drug-likeness (QED) is 0.233. The van der Waals surface area contributed by atoms with Crippen LogP contribution >= 0.6 is 23.2 Å². The highest BCUT2D eigenvalue weighted by atomic mass is 35.5. The molecule has 3 aromatic carbocycles. The highest BCUT2D eigenvalue weighted by Crippen LogP contribution is 2.38. The van der Waals surface area contributed by atoms with E-state index in [0.29, 0.717) is 22.2 Å². The Balaban J connectivity index is 0.000000405. The molecule has 3 aromatic rings. The van der Waals surface area contributed by atoms with E-state index in [0.717, 1.165) is 31.2 Å². The molecule has 0 saturated heterocycles. The number of halogens is 7. The van der Waals surface area contributed by atoms with Gasteiger partial charge in [-0.25, -0.2) is 8.78 Å². The Morgan fingerprint density at radius 3 is 2.00 bits per heavy atom. The van der Waals surface area contributed by atoms with Gasteiger partial charge in [-0.2, -0.15) is 13.2 Å². The zero-order valence-electron chi connectivity index (χ0n) is 16.6. The fourth-order valence-corrected chi connectivity index (χ4v) is 2.87. The van der Waals surface area contributed by atoms with Gasteiger partial charge in [0.25, 0.3) is 5.91 Å². The zero-order valence-corrected chi connectivity index (χ0v) is 18.2. The molecular weight excluding hydrogens is 492 g/mol. The van der Waals surface area contributed by atoms with Crippen LogP contribution < -0.4 is 10.1 Å². The summed E-state index contributed by atoms with van der Waals surface area (Å²) in [6.45, 7) is 0.870. The Hall–Kier alpha value is -3.17. The number of alkyl halides is 3. The van der Waals surface area contributed by atoms with Crippen LogP contribution in [0.1, 0.15) is 22.8 Å². The summed E-state index contributed by atoms with van der Waals surface area (Å²) in [5, 5.41) is 3.36. The van der Waals surface area contributed by atoms with Crippen molar-refractivity contribution >= 4 is 40.8 Å². The number of carbonyl (C=O) groups excluding carboxylic acids is 2. The Morgan fingerprint density at radius 1 is 0.909 bits per heavy atom. The minimum atomic E-state index is -4.89. The lowest BCUT2D eigenvalue weighted by Crippen LogP contribution is -2.19. The van der Waals surface area contributed by atoms with E-state index in [4.69, 9.17) is 23.2 Å². The lowest BCUT2D eigenvalue weighted by atomic mass is 10.1. The number of hydrogen-bond acceptors (Lipinski definition) is 3. The summed E-state index contributed by atoms with van der Waals surface area (Å²) < 4.78 is 70.1. The summed E-state index contributed by atoms with van der Waals surface area (Å²) in [7, 11) is 0. The number of carbonyl (C=O) groups is 2. The molecule has 0 aliphatic rings. The van der Waals surface area contributed by atoms with Crippen LogP contribution in [0.15, 0.2) is 60.7 Å². The number of rotatable bonds is 3. The van der Waals surface area contributed by atoms with Crippen molar-refractivity contribution in [3.8, 4) is 5.75 Å². The van der Waals surface area contributed by atoms with Gasteiger partial charge in [-0.1, -0.05) is 35.3 Å². The number of para-hydroxylation sites is 1. The van der Waals surface area contributed by atoms with Crippen LogP contribution in [0.5, 0.6) is 5.75 Å². The van der Waals surface area contributed by atoms with Crippen molar-refractivity contribution in [1.82, 2.24) is 0 Å². The van der Waals surface area contributed by atoms with E-state index in [1.807, 2.05) is 11.4 Å². The Morgan fingerprint density at radius 2 is 1.52 bits per heavy atom. The highest BCUT2D eigenvalue weighted by Gasteiger charge is 2.37. The average Bonchev–Trinajstić information content (AvgIpc) is 2.69. The van der Waals surface area contributed by atoms with Gasteiger partial charge in [0.15, 0.2) is 5.75 Å². The lowest BCUT2D eigenvalue weighted by Gasteiger charge is -2.16. The molecule has 33 heavy (non-hydrogen) atoms. The van der Waals surface area contributed by atoms with Crippen molar-refractivity contribution < 1.29 is 36.3 Å². The molecule has 0 unspecified atom stereocenters. The number of nitrogens with one attached hydrogen (secondary N) is 1. The number of amides is 1. The topological polar surface area (TPSA) is 55.4 Å². The largest absolute Gasteiger partial charge is 0.425 e. The predicted molar refractivity (Wildman–Crippen MR) is 114 cm³/mol. The standard InChI is InChI=1S/C16H10F5NO3.C6H4Cl2/c1-8(23)25-14-10(3-2-4-11(14)16(19,20)21)15(24)22-13-6-5-9(17)7-12(13)18;7-5-2-1-3-6(8)4-5/h2-7H,1H3,(H,22,24);1-4H. The summed E-state index contributed by atoms with van der Waals surface area (Å²) in [6.07, 6.45) is -4.89. The van der Waals surface area contributed by atoms with Crippen LogP contribution in [0.2, 0.25) is 10.0 Å². The molecule has 3 rings (SSSR count). The van der Waals surface area contributed by atoms with E-state index in [1.54, 1.807) is 18.2 Å². The molecule has 0 aliphatic heterocycles. The molecule has 0 radical (unpaired) electrons. The summed E-state index contributed by atoms with van der Waals surface area (Å²) in [5.41, 5.74) is -2.42. The van der Waals surface area contributed by atoms with Crippen molar-refractivity contribution in [3.05, 3.63) is 93.5 Å². The van der Waals surface area contributed by atoms with Crippen molar-refractivity contribution in [3.63, 3.8) is 0 Å². The van der Waals surface area contributed by atoms with Crippen molar-refractivity contribution in [2.75, 3.05) is 5.32 Å². The van der Waals surface area contributed by atoms with Crippen LogP contribution in [0, 0.1) is 11.6 Å². The second kappa shape index (κ2) is 11.1. The second-order valence-electron chi connectivity index (χ2n) is 6.29. The third-order valence-electron chi connectivity index (χ3n) is 3.78. The molecule has 0 saturated carbocycles. The molecule has 174 valence electrons. The van der Waals surface area contributed by atoms with Gasteiger partial charge in [0.2, 0.25) is 0 Å². The summed E-state index contributed by atoms with van der Waals surface area (Å²) in [4.78, 5) is 23.3. The third kappa shape index (κ3) is 7.73. The molecule has 4 nitrogen and oxygen atoms in total. The maximum absolute atomic E-state index is 13.6. The van der Waals surface area contributed by atoms with Crippen LogP contribution in [0.4, 0.5) is 27.6 Å². The first-order chi connectivity index (χ1) is 15.4. The van der Waals surface area contributed by atoms with Crippen LogP contribution in [-0.4, -0.2) is 11.9 Å². The molecule has 0 aliphatic carbocycles. The van der Waals surface area contributed by atoms with Crippen LogP contribution in [0.25, 0.3) is 0 Å². The van der Waals surface area contributed by atoms with Gasteiger partial charge in [-0.15, -0.1) is 0 Å². The Labute approximate surface area is 194 Å². The average molecular weight is 506 g/mol. The number of anilines is 1. The minimum Gasteiger partial charge on any atom is -0.425 e. The van der Waals surface area contributed by atoms with Gasteiger partial charge in [-0.3, -0.25) is 9.59 Å². The van der Waals surface area contributed by atoms with Crippen LogP contribution in [0.3, 0.4) is 0 Å². The van der Waals surface area contributed by atoms with E-state index in [-0.39, 0.29) is 0 Å². The molecule has 1 N–H and O–H groups in total. The summed E-state index contributed by atoms with van der Waals surface area (Å²) >= 11 is 11.1. The predicted octanol–water partition coefficient (Wildman–Crippen LogP) is 7.15. The van der Waals surface area contributed by atoms with Gasteiger partial charge in [0.05, 0.1) is 16.8 Å². The third-order valence-corrected chi connectivity index (χ3v) is 4.25. The van der Waals surface area contributed by atoms with E-state index < -0.39 is 52.3 Å². The number of benzene rings is 3. The molecule has 0 aromatic heterocycles. The summed E-state index contributed by atoms with van der Waals surface area (Å²) in [6, 6.07) is 11.9. The first-order valence-electron chi connectivity index (χ1n) is 8.94. The maximum atomic E-state index is 13.6.